The van der Waals surface area contributed by atoms with Crippen molar-refractivity contribution >= 4 is 23.7 Å². The van der Waals surface area contributed by atoms with Crippen molar-refractivity contribution < 1.29 is 29.1 Å². The van der Waals surface area contributed by atoms with Gasteiger partial charge in [-0.05, 0) is 118 Å². The molecule has 0 aromatic carbocycles. The van der Waals surface area contributed by atoms with Crippen molar-refractivity contribution in [3.8, 4) is 0 Å². The number of amides is 1. The lowest BCUT2D eigenvalue weighted by atomic mass is 9.42. The SMILES string of the molecule is C/C(=N/OC(=O)CCC(=O)O)C1=CC[C@@]2(C)[C@@H]3CC[C@H]4C(C)(C)[C@@H](N(C)C(=O)OC(C)(C)C)CC[C@@]45C[C@@]35CC[C@]12C. The number of hydrogen-bond acceptors (Lipinski definition) is 6. The van der Waals surface area contributed by atoms with E-state index in [0.717, 1.165) is 25.0 Å². The number of nitrogens with zero attached hydrogens (tertiary/aromatic N) is 2. The van der Waals surface area contributed by atoms with Crippen molar-refractivity contribution in [1.29, 1.82) is 0 Å². The number of carboxylic acid groups (broad SMARTS) is 1. The number of fused-ring (bicyclic) bond motifs is 2. The minimum atomic E-state index is -1.02. The molecule has 0 radical (unpaired) electrons. The largest absolute Gasteiger partial charge is 0.481 e. The first kappa shape index (κ1) is 31.1. The fraction of sp³-hybridized carbons (Fsp3) is 0.824. The standard InChI is InChI=1S/C34H52N2O6/c1-21(35-42-27(39)13-12-26(37)38)22-14-16-32(8)24-11-10-23-30(5,6)25(36(9)28(40)41-29(2,3)4)15-17-33(23)20-34(24,33)19-18-31(22,32)7/h14,23-25H,10-13,15-20H2,1-9H3,(H,37,38)/b35-21-/t23-,24-,25-,31+,32-,33+,34-/m0/s1. The van der Waals surface area contributed by atoms with Crippen LogP contribution in [0.2, 0.25) is 0 Å². The van der Waals surface area contributed by atoms with Crippen LogP contribution in [-0.2, 0) is 19.2 Å². The lowest BCUT2D eigenvalue weighted by Crippen LogP contribution is -2.60. The van der Waals surface area contributed by atoms with Crippen LogP contribution in [0.25, 0.3) is 0 Å². The Bertz CT molecular complexity index is 1230. The van der Waals surface area contributed by atoms with Gasteiger partial charge in [0.25, 0.3) is 0 Å². The average Bonchev–Trinajstić information content (AvgIpc) is 3.46. The van der Waals surface area contributed by atoms with E-state index in [1.165, 1.54) is 37.7 Å². The topological polar surface area (TPSA) is 105 Å². The molecule has 0 saturated heterocycles. The zero-order chi connectivity index (χ0) is 31.1. The summed E-state index contributed by atoms with van der Waals surface area (Å²) < 4.78 is 5.78. The molecule has 0 aromatic rings. The first-order valence-corrected chi connectivity index (χ1v) is 16.0. The zero-order valence-electron chi connectivity index (χ0n) is 27.3. The van der Waals surface area contributed by atoms with Crippen LogP contribution in [0, 0.1) is 38.9 Å². The van der Waals surface area contributed by atoms with Crippen LogP contribution in [0.4, 0.5) is 4.79 Å². The molecule has 5 aliphatic carbocycles. The van der Waals surface area contributed by atoms with Crippen molar-refractivity contribution in [3.05, 3.63) is 11.6 Å². The van der Waals surface area contributed by atoms with Gasteiger partial charge in [-0.2, -0.15) is 0 Å². The van der Waals surface area contributed by atoms with Gasteiger partial charge >= 0.3 is 18.0 Å². The highest BCUT2D eigenvalue weighted by Crippen LogP contribution is 2.88. The molecule has 0 unspecified atom stereocenters. The third-order valence-electron chi connectivity index (χ3n) is 13.0. The Labute approximate surface area is 251 Å². The quantitative estimate of drug-likeness (QED) is 0.199. The smallest absolute Gasteiger partial charge is 0.410 e. The molecule has 8 nitrogen and oxygen atoms in total. The fourth-order valence-corrected chi connectivity index (χ4v) is 11.0. The van der Waals surface area contributed by atoms with Crippen LogP contribution < -0.4 is 0 Å². The molecule has 4 fully saturated rings. The van der Waals surface area contributed by atoms with E-state index in [-0.39, 0.29) is 41.2 Å². The number of rotatable bonds is 6. The van der Waals surface area contributed by atoms with E-state index >= 15 is 0 Å². The Hall–Kier alpha value is -2.38. The molecule has 5 aliphatic rings. The third kappa shape index (κ3) is 4.44. The normalized spacial score (nSPS) is 40.0. The summed E-state index contributed by atoms with van der Waals surface area (Å²) >= 11 is 0. The lowest BCUT2D eigenvalue weighted by Gasteiger charge is -2.63. The van der Waals surface area contributed by atoms with Crippen molar-refractivity contribution in [2.24, 2.45) is 44.1 Å². The second-order valence-corrected chi connectivity index (χ2v) is 16.2. The lowest BCUT2D eigenvalue weighted by molar-refractivity contribution is -0.147. The minimum Gasteiger partial charge on any atom is -0.481 e. The average molecular weight is 585 g/mol. The minimum absolute atomic E-state index is 0.00682. The van der Waals surface area contributed by atoms with Crippen LogP contribution in [-0.4, -0.2) is 52.4 Å². The Balaban J connectivity index is 1.34. The second-order valence-electron chi connectivity index (χ2n) is 16.2. The maximum atomic E-state index is 13.1. The molecule has 5 rings (SSSR count). The molecule has 8 heteroatoms. The summed E-state index contributed by atoms with van der Waals surface area (Å²) in [6.07, 6.45) is 10.8. The van der Waals surface area contributed by atoms with Gasteiger partial charge in [-0.1, -0.05) is 38.9 Å². The number of carbonyl (C=O) groups excluding carboxylic acids is 2. The van der Waals surface area contributed by atoms with Gasteiger partial charge in [0.1, 0.15) is 5.60 Å². The molecule has 0 heterocycles. The summed E-state index contributed by atoms with van der Waals surface area (Å²) in [5, 5.41) is 13.0. The summed E-state index contributed by atoms with van der Waals surface area (Å²) in [7, 11) is 1.93. The van der Waals surface area contributed by atoms with Gasteiger partial charge in [-0.3, -0.25) is 4.79 Å². The van der Waals surface area contributed by atoms with Crippen molar-refractivity contribution in [1.82, 2.24) is 4.90 Å². The number of oxime groups is 1. The summed E-state index contributed by atoms with van der Waals surface area (Å²) in [6, 6.07) is 0.165. The van der Waals surface area contributed by atoms with Gasteiger partial charge < -0.3 is 19.6 Å². The summed E-state index contributed by atoms with van der Waals surface area (Å²) in [5.74, 6) is -0.430. The van der Waals surface area contributed by atoms with Crippen LogP contribution in [0.15, 0.2) is 16.8 Å². The Morgan fingerprint density at radius 1 is 1.00 bits per heavy atom. The van der Waals surface area contributed by atoms with E-state index in [2.05, 4.69) is 38.9 Å². The van der Waals surface area contributed by atoms with E-state index in [0.29, 0.717) is 22.7 Å². The van der Waals surface area contributed by atoms with Crippen LogP contribution >= 0.6 is 0 Å². The summed E-state index contributed by atoms with van der Waals surface area (Å²) in [5.41, 5.74) is 2.17. The van der Waals surface area contributed by atoms with E-state index in [1.54, 1.807) is 0 Å². The van der Waals surface area contributed by atoms with Crippen molar-refractivity contribution in [2.75, 3.05) is 7.05 Å². The molecule has 1 N–H and O–H groups in total. The number of aliphatic carboxylic acids is 1. The Kier molecular flexibility index (Phi) is 7.26. The molecule has 42 heavy (non-hydrogen) atoms. The molecule has 7 atom stereocenters. The molecule has 1 amide bonds. The maximum Gasteiger partial charge on any atom is 0.410 e. The van der Waals surface area contributed by atoms with E-state index < -0.39 is 17.5 Å². The van der Waals surface area contributed by atoms with Gasteiger partial charge in [-0.15, -0.1) is 0 Å². The van der Waals surface area contributed by atoms with E-state index in [1.807, 2.05) is 39.6 Å². The molecule has 0 aliphatic heterocycles. The predicted molar refractivity (Wildman–Crippen MR) is 161 cm³/mol. The second kappa shape index (κ2) is 9.82. The first-order valence-electron chi connectivity index (χ1n) is 16.0. The number of ether oxygens (including phenoxy) is 1. The van der Waals surface area contributed by atoms with Gasteiger partial charge in [0.05, 0.1) is 18.6 Å². The van der Waals surface area contributed by atoms with Crippen molar-refractivity contribution in [3.63, 3.8) is 0 Å². The summed E-state index contributed by atoms with van der Waals surface area (Å²) in [6.45, 7) is 17.4. The predicted octanol–water partition coefficient (Wildman–Crippen LogP) is 7.37. The highest BCUT2D eigenvalue weighted by molar-refractivity contribution is 6.00. The zero-order valence-corrected chi connectivity index (χ0v) is 27.3. The van der Waals surface area contributed by atoms with Crippen LogP contribution in [0.5, 0.6) is 0 Å². The number of carbonyl (C=O) groups is 3. The molecule has 0 bridgehead atoms. The highest BCUT2D eigenvalue weighted by atomic mass is 16.7. The number of hydrogen-bond donors (Lipinski definition) is 1. The van der Waals surface area contributed by atoms with Crippen LogP contribution in [0.3, 0.4) is 0 Å². The Morgan fingerprint density at radius 3 is 2.29 bits per heavy atom. The van der Waals surface area contributed by atoms with E-state index in [9.17, 15) is 14.4 Å². The highest BCUT2D eigenvalue weighted by Gasteiger charge is 2.81. The molecular weight excluding hydrogens is 532 g/mol. The van der Waals surface area contributed by atoms with Gasteiger partial charge in [0, 0.05) is 18.5 Å². The number of carboxylic acids is 1. The first-order chi connectivity index (χ1) is 19.3. The molecule has 234 valence electrons. The number of allylic oxidation sites excluding steroid dienone is 2. The van der Waals surface area contributed by atoms with Gasteiger partial charge in [0.15, 0.2) is 0 Å². The van der Waals surface area contributed by atoms with Gasteiger partial charge in [-0.25, -0.2) is 9.59 Å². The third-order valence-corrected chi connectivity index (χ3v) is 13.0. The molecule has 0 aromatic heterocycles. The van der Waals surface area contributed by atoms with Gasteiger partial charge in [0.2, 0.25) is 0 Å². The fourth-order valence-electron chi connectivity index (χ4n) is 11.0. The van der Waals surface area contributed by atoms with Crippen molar-refractivity contribution in [2.45, 2.75) is 131 Å². The van der Waals surface area contributed by atoms with E-state index in [4.69, 9.17) is 14.7 Å². The molecular formula is C34H52N2O6. The summed E-state index contributed by atoms with van der Waals surface area (Å²) in [4.78, 5) is 42.9. The van der Waals surface area contributed by atoms with Crippen LogP contribution in [0.1, 0.15) is 120 Å². The monoisotopic (exact) mass is 584 g/mol. The maximum absolute atomic E-state index is 13.1. The molecule has 2 spiro atoms. The Morgan fingerprint density at radius 2 is 1.64 bits per heavy atom. The molecule has 4 saturated carbocycles.